The first-order valence-corrected chi connectivity index (χ1v) is 10.3. The molecule has 0 aliphatic carbocycles. The minimum absolute atomic E-state index is 0.0581. The molecule has 0 bridgehead atoms. The number of piperidine rings is 1. The third-order valence-corrected chi connectivity index (χ3v) is 5.89. The maximum Gasteiger partial charge on any atom is 0.256 e. The van der Waals surface area contributed by atoms with Gasteiger partial charge in [-0.05, 0) is 43.4 Å². The van der Waals surface area contributed by atoms with E-state index < -0.39 is 0 Å². The van der Waals surface area contributed by atoms with Crippen LogP contribution in [0.15, 0.2) is 36.7 Å². The quantitative estimate of drug-likeness (QED) is 0.821. The molecule has 1 aromatic carbocycles. The summed E-state index contributed by atoms with van der Waals surface area (Å²) in [5.74, 6) is 1.48. The van der Waals surface area contributed by atoms with Gasteiger partial charge in [0.15, 0.2) is 0 Å². The number of aromatic nitrogens is 2. The Balaban J connectivity index is 1.35. The Morgan fingerprint density at radius 1 is 0.964 bits per heavy atom. The molecule has 148 valence electrons. The molecule has 6 heteroatoms. The summed E-state index contributed by atoms with van der Waals surface area (Å²) in [6.45, 7) is 9.69. The number of aryl methyl sites for hydroxylation is 1. The topological polar surface area (TPSA) is 52.6 Å². The smallest absolute Gasteiger partial charge is 0.256 e. The first-order valence-electron chi connectivity index (χ1n) is 10.3. The number of hydrogen-bond donors (Lipinski definition) is 0. The molecule has 2 fully saturated rings. The Hall–Kier alpha value is -2.63. The second-order valence-corrected chi connectivity index (χ2v) is 8.06. The summed E-state index contributed by atoms with van der Waals surface area (Å²) in [4.78, 5) is 28.2. The Bertz CT molecular complexity index is 806. The van der Waals surface area contributed by atoms with Crippen molar-refractivity contribution >= 4 is 17.5 Å². The van der Waals surface area contributed by atoms with Gasteiger partial charge in [-0.2, -0.15) is 0 Å². The predicted molar refractivity (Wildman–Crippen MR) is 112 cm³/mol. The Labute approximate surface area is 167 Å². The van der Waals surface area contributed by atoms with Crippen LogP contribution in [0.25, 0.3) is 0 Å². The maximum atomic E-state index is 12.6. The van der Waals surface area contributed by atoms with Crippen LogP contribution in [0.3, 0.4) is 0 Å². The van der Waals surface area contributed by atoms with Crippen LogP contribution in [0.5, 0.6) is 0 Å². The van der Waals surface area contributed by atoms with Crippen LogP contribution in [-0.2, 0) is 0 Å². The van der Waals surface area contributed by atoms with Crippen molar-refractivity contribution in [1.82, 2.24) is 14.9 Å². The molecule has 0 spiro atoms. The Kier molecular flexibility index (Phi) is 5.46. The molecule has 2 saturated heterocycles. The molecule has 3 heterocycles. The molecule has 1 amide bonds. The van der Waals surface area contributed by atoms with Gasteiger partial charge in [0.2, 0.25) is 5.95 Å². The molecule has 0 saturated carbocycles. The average molecular weight is 380 g/mol. The van der Waals surface area contributed by atoms with Crippen LogP contribution in [0, 0.1) is 12.8 Å². The Morgan fingerprint density at radius 3 is 2.25 bits per heavy atom. The van der Waals surface area contributed by atoms with Gasteiger partial charge in [0.05, 0.1) is 5.56 Å². The van der Waals surface area contributed by atoms with E-state index in [4.69, 9.17) is 0 Å². The van der Waals surface area contributed by atoms with Crippen molar-refractivity contribution in [3.05, 3.63) is 47.8 Å². The van der Waals surface area contributed by atoms with E-state index in [1.165, 1.54) is 11.3 Å². The van der Waals surface area contributed by atoms with E-state index in [-0.39, 0.29) is 5.91 Å². The van der Waals surface area contributed by atoms with Crippen molar-refractivity contribution in [2.45, 2.75) is 26.7 Å². The van der Waals surface area contributed by atoms with Crippen molar-refractivity contribution in [1.29, 1.82) is 0 Å². The number of piperazine rings is 1. The fourth-order valence-corrected chi connectivity index (χ4v) is 3.98. The number of carbonyl (C=O) groups is 1. The van der Waals surface area contributed by atoms with Gasteiger partial charge >= 0.3 is 0 Å². The molecule has 2 aromatic rings. The van der Waals surface area contributed by atoms with E-state index >= 15 is 0 Å². The molecule has 0 unspecified atom stereocenters. The van der Waals surface area contributed by atoms with Crippen LogP contribution in [-0.4, -0.2) is 60.0 Å². The molecular formula is C22H29N5O. The average Bonchev–Trinajstić information content (AvgIpc) is 2.74. The molecule has 0 radical (unpaired) electrons. The summed E-state index contributed by atoms with van der Waals surface area (Å²) >= 11 is 0. The summed E-state index contributed by atoms with van der Waals surface area (Å²) < 4.78 is 0. The third-order valence-electron chi connectivity index (χ3n) is 5.89. The van der Waals surface area contributed by atoms with E-state index in [1.807, 2.05) is 4.90 Å². The summed E-state index contributed by atoms with van der Waals surface area (Å²) in [5, 5.41) is 0. The number of rotatable bonds is 3. The number of likely N-dealkylation sites (tertiary alicyclic amines) is 1. The molecule has 2 aliphatic heterocycles. The summed E-state index contributed by atoms with van der Waals surface area (Å²) in [7, 11) is 0. The number of anilines is 2. The van der Waals surface area contributed by atoms with Gasteiger partial charge in [-0.15, -0.1) is 0 Å². The third kappa shape index (κ3) is 4.11. The normalized spacial score (nSPS) is 18.4. The highest BCUT2D eigenvalue weighted by Crippen LogP contribution is 2.20. The molecule has 28 heavy (non-hydrogen) atoms. The highest BCUT2D eigenvalue weighted by molar-refractivity contribution is 5.93. The van der Waals surface area contributed by atoms with Gasteiger partial charge in [-0.1, -0.05) is 19.1 Å². The first kappa shape index (κ1) is 18.7. The molecule has 4 rings (SSSR count). The van der Waals surface area contributed by atoms with Gasteiger partial charge in [0, 0.05) is 57.3 Å². The minimum Gasteiger partial charge on any atom is -0.368 e. The summed E-state index contributed by atoms with van der Waals surface area (Å²) in [6.07, 6.45) is 5.54. The van der Waals surface area contributed by atoms with Crippen molar-refractivity contribution in [2.24, 2.45) is 5.92 Å². The lowest BCUT2D eigenvalue weighted by Crippen LogP contribution is -2.47. The number of nitrogens with zero attached hydrogens (tertiary/aromatic N) is 5. The highest BCUT2D eigenvalue weighted by atomic mass is 16.2. The number of hydrogen-bond acceptors (Lipinski definition) is 5. The van der Waals surface area contributed by atoms with Crippen LogP contribution >= 0.6 is 0 Å². The zero-order valence-electron chi connectivity index (χ0n) is 16.8. The summed E-state index contributed by atoms with van der Waals surface area (Å²) in [6, 6.07) is 8.63. The van der Waals surface area contributed by atoms with E-state index in [9.17, 15) is 4.79 Å². The molecule has 6 nitrogen and oxygen atoms in total. The maximum absolute atomic E-state index is 12.6. The SMILES string of the molecule is Cc1cccc(N2CCN(c3ncc(C(=O)N4CCC(C)CC4)cn3)CC2)c1. The van der Waals surface area contributed by atoms with Crippen molar-refractivity contribution in [3.63, 3.8) is 0 Å². The van der Waals surface area contributed by atoms with E-state index in [2.05, 4.69) is 57.9 Å². The van der Waals surface area contributed by atoms with Gasteiger partial charge < -0.3 is 14.7 Å². The fraction of sp³-hybridized carbons (Fsp3) is 0.500. The summed E-state index contributed by atoms with van der Waals surface area (Å²) in [5.41, 5.74) is 3.15. The second-order valence-electron chi connectivity index (χ2n) is 8.06. The monoisotopic (exact) mass is 379 g/mol. The van der Waals surface area contributed by atoms with Crippen molar-refractivity contribution < 1.29 is 4.79 Å². The Morgan fingerprint density at radius 2 is 1.61 bits per heavy atom. The van der Waals surface area contributed by atoms with Crippen LogP contribution in [0.1, 0.15) is 35.7 Å². The van der Waals surface area contributed by atoms with Gasteiger partial charge in [0.1, 0.15) is 0 Å². The minimum atomic E-state index is 0.0581. The zero-order valence-corrected chi connectivity index (χ0v) is 16.8. The van der Waals surface area contributed by atoms with Crippen molar-refractivity contribution in [2.75, 3.05) is 49.1 Å². The van der Waals surface area contributed by atoms with Gasteiger partial charge in [-0.3, -0.25) is 4.79 Å². The van der Waals surface area contributed by atoms with E-state index in [0.717, 1.165) is 52.1 Å². The molecule has 0 atom stereocenters. The van der Waals surface area contributed by atoms with Crippen LogP contribution in [0.2, 0.25) is 0 Å². The number of benzene rings is 1. The largest absolute Gasteiger partial charge is 0.368 e. The molecule has 2 aliphatic rings. The molecular weight excluding hydrogens is 350 g/mol. The lowest BCUT2D eigenvalue weighted by atomic mass is 9.99. The highest BCUT2D eigenvalue weighted by Gasteiger charge is 2.23. The second kappa shape index (κ2) is 8.17. The van der Waals surface area contributed by atoms with Crippen LogP contribution < -0.4 is 9.80 Å². The van der Waals surface area contributed by atoms with Crippen LogP contribution in [0.4, 0.5) is 11.6 Å². The first-order chi connectivity index (χ1) is 13.6. The van der Waals surface area contributed by atoms with Gasteiger partial charge in [-0.25, -0.2) is 9.97 Å². The van der Waals surface area contributed by atoms with Crippen molar-refractivity contribution in [3.8, 4) is 0 Å². The van der Waals surface area contributed by atoms with E-state index in [0.29, 0.717) is 17.4 Å². The number of carbonyl (C=O) groups excluding carboxylic acids is 1. The standard InChI is InChI=1S/C22H29N5O/c1-17-6-8-26(9-7-17)21(28)19-15-23-22(24-16-19)27-12-10-25(11-13-27)20-5-3-4-18(2)14-20/h3-5,14-17H,6-13H2,1-2H3. The lowest BCUT2D eigenvalue weighted by molar-refractivity contribution is 0.0696. The predicted octanol–water partition coefficient (Wildman–Crippen LogP) is 2.98. The van der Waals surface area contributed by atoms with E-state index in [1.54, 1.807) is 12.4 Å². The van der Waals surface area contributed by atoms with Gasteiger partial charge in [0.25, 0.3) is 5.91 Å². The fourth-order valence-electron chi connectivity index (χ4n) is 3.98. The molecule has 1 aromatic heterocycles. The number of amides is 1. The lowest BCUT2D eigenvalue weighted by Gasteiger charge is -2.36. The molecule has 0 N–H and O–H groups in total. The zero-order chi connectivity index (χ0) is 19.5.